The van der Waals surface area contributed by atoms with E-state index in [9.17, 15) is 0 Å². The van der Waals surface area contributed by atoms with Crippen LogP contribution in [0.3, 0.4) is 0 Å². The van der Waals surface area contributed by atoms with Crippen LogP contribution in [0.15, 0.2) is 106 Å². The van der Waals surface area contributed by atoms with Gasteiger partial charge in [-0.1, -0.05) is 85.6 Å². The Hall–Kier alpha value is -1.62. The lowest BCUT2D eigenvalue weighted by molar-refractivity contribution is 0.516. The molecule has 0 radical (unpaired) electrons. The monoisotopic (exact) mass is 463 g/mol. The molecule has 3 aromatic rings. The van der Waals surface area contributed by atoms with Crippen molar-refractivity contribution in [1.29, 1.82) is 0 Å². The Morgan fingerprint density at radius 1 is 0.742 bits per heavy atom. The maximum Gasteiger partial charge on any atom is 0.0805 e. The molecular weight excluding hydrogens is 435 g/mol. The molecule has 0 aliphatic heterocycles. The van der Waals surface area contributed by atoms with Crippen LogP contribution >= 0.6 is 35.3 Å². The summed E-state index contributed by atoms with van der Waals surface area (Å²) in [5, 5.41) is 1.96. The predicted octanol–water partition coefficient (Wildman–Crippen LogP) is 9.08. The SMILES string of the molecule is c1ccc(N=C(CC(Sc2ccccc2)SC2CCCCC2)Sc2ccccc2)cc1. The van der Waals surface area contributed by atoms with E-state index in [0.717, 1.165) is 17.4 Å². The van der Waals surface area contributed by atoms with E-state index in [1.165, 1.54) is 46.9 Å². The van der Waals surface area contributed by atoms with Gasteiger partial charge in [0.25, 0.3) is 0 Å². The minimum atomic E-state index is 0.462. The number of aliphatic imine (C=N–C) groups is 1. The van der Waals surface area contributed by atoms with E-state index in [2.05, 4.69) is 103 Å². The average molecular weight is 464 g/mol. The summed E-state index contributed by atoms with van der Waals surface area (Å²) in [4.78, 5) is 7.68. The van der Waals surface area contributed by atoms with Gasteiger partial charge in [-0.3, -0.25) is 0 Å². The molecule has 0 N–H and O–H groups in total. The highest BCUT2D eigenvalue weighted by Crippen LogP contribution is 2.41. The number of thioether (sulfide) groups is 3. The molecule has 0 bridgehead atoms. The fourth-order valence-corrected chi connectivity index (χ4v) is 8.06. The van der Waals surface area contributed by atoms with E-state index >= 15 is 0 Å². The third kappa shape index (κ3) is 7.78. The highest BCUT2D eigenvalue weighted by molar-refractivity contribution is 8.18. The van der Waals surface area contributed by atoms with E-state index in [1.54, 1.807) is 0 Å². The molecule has 0 aromatic heterocycles. The lowest BCUT2D eigenvalue weighted by atomic mass is 10.0. The standard InChI is InChI=1S/C27H29NS3/c1-5-13-22(14-6-1)28-26(29-23-15-7-2-8-16-23)21-27(30-24-17-9-3-10-18-24)31-25-19-11-4-12-20-25/h1-3,5-10,13-18,25,27H,4,11-12,19-21H2. The molecule has 1 aliphatic rings. The van der Waals surface area contributed by atoms with Gasteiger partial charge >= 0.3 is 0 Å². The molecule has 1 unspecified atom stereocenters. The molecular formula is C27H29NS3. The molecule has 3 aromatic carbocycles. The summed E-state index contributed by atoms with van der Waals surface area (Å²) in [6, 6.07) is 31.9. The van der Waals surface area contributed by atoms with Crippen LogP contribution in [0.2, 0.25) is 0 Å². The average Bonchev–Trinajstić information content (AvgIpc) is 2.82. The molecule has 0 amide bonds. The van der Waals surface area contributed by atoms with Crippen LogP contribution < -0.4 is 0 Å². The van der Waals surface area contributed by atoms with Gasteiger partial charge < -0.3 is 0 Å². The second-order valence-electron chi connectivity index (χ2n) is 7.72. The zero-order valence-corrected chi connectivity index (χ0v) is 20.2. The van der Waals surface area contributed by atoms with Crippen LogP contribution in [-0.4, -0.2) is 14.9 Å². The van der Waals surface area contributed by atoms with Crippen molar-refractivity contribution in [2.24, 2.45) is 4.99 Å². The van der Waals surface area contributed by atoms with Crippen LogP contribution in [0.4, 0.5) is 5.69 Å². The lowest BCUT2D eigenvalue weighted by Gasteiger charge is -2.26. The normalized spacial score (nSPS) is 16.2. The number of nitrogens with zero attached hydrogens (tertiary/aromatic N) is 1. The summed E-state index contributed by atoms with van der Waals surface area (Å²) in [5.74, 6) is 0. The van der Waals surface area contributed by atoms with Crippen molar-refractivity contribution >= 4 is 46.0 Å². The second-order valence-corrected chi connectivity index (χ2v) is 11.9. The molecule has 0 saturated heterocycles. The number of hydrogen-bond donors (Lipinski definition) is 0. The van der Waals surface area contributed by atoms with Gasteiger partial charge in [-0.25, -0.2) is 4.99 Å². The lowest BCUT2D eigenvalue weighted by Crippen LogP contribution is -2.14. The first-order chi connectivity index (χ1) is 15.3. The summed E-state index contributed by atoms with van der Waals surface area (Å²) in [6.07, 6.45) is 7.84. The predicted molar refractivity (Wildman–Crippen MR) is 141 cm³/mol. The maximum atomic E-state index is 5.08. The van der Waals surface area contributed by atoms with Crippen molar-refractivity contribution in [3.8, 4) is 0 Å². The van der Waals surface area contributed by atoms with Crippen molar-refractivity contribution in [1.82, 2.24) is 0 Å². The summed E-state index contributed by atoms with van der Waals surface area (Å²) in [7, 11) is 0. The quantitative estimate of drug-likeness (QED) is 0.143. The van der Waals surface area contributed by atoms with Gasteiger partial charge in [0, 0.05) is 21.5 Å². The smallest absolute Gasteiger partial charge is 0.0805 e. The van der Waals surface area contributed by atoms with Crippen LogP contribution in [0, 0.1) is 0 Å². The zero-order valence-electron chi connectivity index (χ0n) is 17.7. The Morgan fingerprint density at radius 2 is 1.32 bits per heavy atom. The fraction of sp³-hybridized carbons (Fsp3) is 0.296. The summed E-state index contributed by atoms with van der Waals surface area (Å²) < 4.78 is 0.462. The summed E-state index contributed by atoms with van der Waals surface area (Å²) in [6.45, 7) is 0. The Bertz CT molecular complexity index is 922. The molecule has 31 heavy (non-hydrogen) atoms. The van der Waals surface area contributed by atoms with Crippen molar-refractivity contribution in [2.75, 3.05) is 0 Å². The van der Waals surface area contributed by atoms with Crippen LogP contribution in [0.1, 0.15) is 38.5 Å². The summed E-state index contributed by atoms with van der Waals surface area (Å²) in [5.41, 5.74) is 1.03. The van der Waals surface area contributed by atoms with Gasteiger partial charge in [0.15, 0.2) is 0 Å². The Kier molecular flexibility index (Phi) is 9.05. The molecule has 160 valence electrons. The topological polar surface area (TPSA) is 12.4 Å². The molecule has 0 heterocycles. The molecule has 1 atom stereocenters. The van der Waals surface area contributed by atoms with E-state index in [0.29, 0.717) is 4.58 Å². The zero-order chi connectivity index (χ0) is 21.1. The Labute approximate surface area is 199 Å². The Morgan fingerprint density at radius 3 is 1.97 bits per heavy atom. The van der Waals surface area contributed by atoms with Gasteiger partial charge in [-0.05, 0) is 49.2 Å². The third-order valence-electron chi connectivity index (χ3n) is 5.24. The maximum absolute atomic E-state index is 5.08. The number of para-hydroxylation sites is 1. The molecule has 4 rings (SSSR count). The van der Waals surface area contributed by atoms with Gasteiger partial charge in [-0.2, -0.15) is 0 Å². The summed E-state index contributed by atoms with van der Waals surface area (Å²) >= 11 is 5.99. The highest BCUT2D eigenvalue weighted by Gasteiger charge is 2.22. The number of rotatable bonds is 8. The number of benzene rings is 3. The molecule has 1 saturated carbocycles. The van der Waals surface area contributed by atoms with Crippen molar-refractivity contribution < 1.29 is 0 Å². The van der Waals surface area contributed by atoms with Crippen molar-refractivity contribution in [2.45, 2.75) is 58.1 Å². The van der Waals surface area contributed by atoms with Gasteiger partial charge in [0.2, 0.25) is 0 Å². The first kappa shape index (κ1) is 22.6. The van der Waals surface area contributed by atoms with E-state index in [-0.39, 0.29) is 0 Å². The molecule has 4 heteroatoms. The fourth-order valence-electron chi connectivity index (χ4n) is 3.71. The molecule has 1 nitrogen and oxygen atoms in total. The van der Waals surface area contributed by atoms with Gasteiger partial charge in [-0.15, -0.1) is 23.5 Å². The third-order valence-corrected chi connectivity index (χ3v) is 9.16. The van der Waals surface area contributed by atoms with E-state index in [1.807, 2.05) is 23.5 Å². The first-order valence-corrected chi connectivity index (χ1v) is 13.7. The van der Waals surface area contributed by atoms with E-state index < -0.39 is 0 Å². The van der Waals surface area contributed by atoms with Crippen LogP contribution in [-0.2, 0) is 0 Å². The van der Waals surface area contributed by atoms with E-state index in [4.69, 9.17) is 4.99 Å². The minimum Gasteiger partial charge on any atom is -0.246 e. The second kappa shape index (κ2) is 12.4. The molecule has 1 aliphatic carbocycles. The first-order valence-electron chi connectivity index (χ1n) is 11.1. The van der Waals surface area contributed by atoms with Crippen molar-refractivity contribution in [3.05, 3.63) is 91.0 Å². The minimum absolute atomic E-state index is 0.462. The van der Waals surface area contributed by atoms with Crippen molar-refractivity contribution in [3.63, 3.8) is 0 Å². The Balaban J connectivity index is 1.56. The van der Waals surface area contributed by atoms with Gasteiger partial charge in [0.05, 0.1) is 15.3 Å². The van der Waals surface area contributed by atoms with Gasteiger partial charge in [0.1, 0.15) is 0 Å². The van der Waals surface area contributed by atoms with Crippen LogP contribution in [0.25, 0.3) is 0 Å². The number of hydrogen-bond acceptors (Lipinski definition) is 4. The van der Waals surface area contributed by atoms with Crippen LogP contribution in [0.5, 0.6) is 0 Å². The largest absolute Gasteiger partial charge is 0.246 e. The highest BCUT2D eigenvalue weighted by atomic mass is 32.2. The molecule has 0 spiro atoms. The molecule has 1 fully saturated rings.